The molecule has 2 aromatic carbocycles. The predicted molar refractivity (Wildman–Crippen MR) is 118 cm³/mol. The summed E-state index contributed by atoms with van der Waals surface area (Å²) >= 11 is 5.19. The van der Waals surface area contributed by atoms with Crippen LogP contribution in [0, 0.1) is 10.7 Å². The van der Waals surface area contributed by atoms with Crippen LogP contribution in [0.1, 0.15) is 35.9 Å². The van der Waals surface area contributed by atoms with Crippen LogP contribution in [0.4, 0.5) is 0 Å². The topological polar surface area (TPSA) is 83.0 Å². The van der Waals surface area contributed by atoms with Crippen LogP contribution in [0.2, 0.25) is 0 Å². The van der Waals surface area contributed by atoms with Crippen molar-refractivity contribution in [2.24, 2.45) is 5.92 Å². The van der Waals surface area contributed by atoms with Crippen LogP contribution in [0.25, 0.3) is 10.8 Å². The number of hydrogen-bond acceptors (Lipinski definition) is 4. The average Bonchev–Trinajstić information content (AvgIpc) is 3.15. The number of likely N-dealkylation sites (tertiary alicyclic amines) is 1. The Morgan fingerprint density at radius 1 is 1.23 bits per heavy atom. The SMILES string of the molecule is CCn1c(CNC(=O)C2CCCN(C(=O)c3cccc4ccccc34)C2)n[nH]c1=S. The number of aromatic nitrogens is 3. The van der Waals surface area contributed by atoms with Gasteiger partial charge in [0.05, 0.1) is 12.5 Å². The van der Waals surface area contributed by atoms with E-state index >= 15 is 0 Å². The predicted octanol–water partition coefficient (Wildman–Crippen LogP) is 3.28. The second kappa shape index (κ2) is 8.79. The maximum atomic E-state index is 13.2. The molecule has 1 saturated heterocycles. The van der Waals surface area contributed by atoms with Crippen molar-refractivity contribution in [3.63, 3.8) is 0 Å². The molecule has 0 radical (unpaired) electrons. The van der Waals surface area contributed by atoms with Gasteiger partial charge in [0.25, 0.3) is 5.91 Å². The summed E-state index contributed by atoms with van der Waals surface area (Å²) in [5, 5.41) is 11.9. The van der Waals surface area contributed by atoms with Gasteiger partial charge < -0.3 is 14.8 Å². The number of rotatable bonds is 5. The lowest BCUT2D eigenvalue weighted by Crippen LogP contribution is -2.45. The fraction of sp³-hybridized carbons (Fsp3) is 0.364. The molecule has 156 valence electrons. The van der Waals surface area contributed by atoms with E-state index in [0.29, 0.717) is 42.3 Å². The zero-order valence-corrected chi connectivity index (χ0v) is 17.7. The number of aromatic amines is 1. The molecule has 1 aliphatic heterocycles. The minimum absolute atomic E-state index is 0.0174. The fourth-order valence-electron chi connectivity index (χ4n) is 4.08. The normalized spacial score (nSPS) is 16.6. The Morgan fingerprint density at radius 3 is 2.87 bits per heavy atom. The van der Waals surface area contributed by atoms with Gasteiger partial charge in [0.2, 0.25) is 5.91 Å². The summed E-state index contributed by atoms with van der Waals surface area (Å²) in [5.41, 5.74) is 0.688. The van der Waals surface area contributed by atoms with Crippen LogP contribution >= 0.6 is 12.2 Å². The van der Waals surface area contributed by atoms with Crippen molar-refractivity contribution in [1.82, 2.24) is 25.0 Å². The van der Waals surface area contributed by atoms with Crippen molar-refractivity contribution in [2.45, 2.75) is 32.9 Å². The lowest BCUT2D eigenvalue weighted by molar-refractivity contribution is -0.126. The summed E-state index contributed by atoms with van der Waals surface area (Å²) < 4.78 is 2.40. The van der Waals surface area contributed by atoms with Crippen molar-refractivity contribution in [1.29, 1.82) is 0 Å². The Balaban J connectivity index is 1.44. The maximum absolute atomic E-state index is 13.2. The van der Waals surface area contributed by atoms with Gasteiger partial charge in [0.15, 0.2) is 10.6 Å². The first-order valence-electron chi connectivity index (χ1n) is 10.3. The number of piperidine rings is 1. The monoisotopic (exact) mass is 423 g/mol. The Kier molecular flexibility index (Phi) is 5.94. The molecule has 1 fully saturated rings. The first-order chi connectivity index (χ1) is 14.6. The summed E-state index contributed by atoms with van der Waals surface area (Å²) in [4.78, 5) is 27.8. The summed E-state index contributed by atoms with van der Waals surface area (Å²) in [6.07, 6.45) is 1.58. The zero-order chi connectivity index (χ0) is 21.1. The summed E-state index contributed by atoms with van der Waals surface area (Å²) in [5.74, 6) is 0.406. The molecule has 0 spiro atoms. The number of H-pyrrole nitrogens is 1. The van der Waals surface area contributed by atoms with Crippen LogP contribution in [0.15, 0.2) is 42.5 Å². The van der Waals surface area contributed by atoms with E-state index in [1.807, 2.05) is 54.0 Å². The highest BCUT2D eigenvalue weighted by atomic mass is 32.1. The van der Waals surface area contributed by atoms with Gasteiger partial charge in [0.1, 0.15) is 0 Å². The number of nitrogens with one attached hydrogen (secondary N) is 2. The van der Waals surface area contributed by atoms with Crippen molar-refractivity contribution < 1.29 is 9.59 Å². The van der Waals surface area contributed by atoms with Gasteiger partial charge in [-0.3, -0.25) is 14.7 Å². The number of hydrogen-bond donors (Lipinski definition) is 2. The molecule has 7 nitrogen and oxygen atoms in total. The number of benzene rings is 2. The average molecular weight is 424 g/mol. The van der Waals surface area contributed by atoms with Crippen molar-refractivity contribution in [3.8, 4) is 0 Å². The van der Waals surface area contributed by atoms with E-state index in [4.69, 9.17) is 12.2 Å². The van der Waals surface area contributed by atoms with E-state index in [2.05, 4.69) is 15.5 Å². The van der Waals surface area contributed by atoms with E-state index in [9.17, 15) is 9.59 Å². The second-order valence-electron chi connectivity index (χ2n) is 7.52. The third-order valence-corrected chi connectivity index (χ3v) is 5.99. The van der Waals surface area contributed by atoms with E-state index in [-0.39, 0.29) is 17.7 Å². The van der Waals surface area contributed by atoms with E-state index in [1.165, 1.54) is 0 Å². The zero-order valence-electron chi connectivity index (χ0n) is 16.9. The molecule has 1 atom stereocenters. The molecule has 3 aromatic rings. The number of carbonyl (C=O) groups excluding carboxylic acids is 2. The fourth-order valence-corrected chi connectivity index (χ4v) is 4.36. The molecular weight excluding hydrogens is 398 g/mol. The van der Waals surface area contributed by atoms with Crippen LogP contribution < -0.4 is 5.32 Å². The number of carbonyl (C=O) groups is 2. The summed E-state index contributed by atoms with van der Waals surface area (Å²) in [6.45, 7) is 4.08. The third-order valence-electron chi connectivity index (χ3n) is 5.67. The molecule has 2 heterocycles. The number of amides is 2. The molecule has 1 unspecified atom stereocenters. The molecule has 1 aromatic heterocycles. The van der Waals surface area contributed by atoms with E-state index < -0.39 is 0 Å². The van der Waals surface area contributed by atoms with E-state index in [1.54, 1.807) is 4.90 Å². The standard InChI is InChI=1S/C22H25N5O2S/c1-2-27-19(24-25-22(27)30)13-23-20(28)16-9-6-12-26(14-16)21(29)18-11-5-8-15-7-3-4-10-17(15)18/h3-5,7-8,10-11,16H,2,6,9,12-14H2,1H3,(H,23,28)(H,25,30). The third kappa shape index (κ3) is 4.00. The minimum atomic E-state index is -0.227. The maximum Gasteiger partial charge on any atom is 0.254 e. The Hall–Kier alpha value is -3.00. The molecule has 4 rings (SSSR count). The summed E-state index contributed by atoms with van der Waals surface area (Å²) in [6, 6.07) is 13.7. The lowest BCUT2D eigenvalue weighted by atomic mass is 9.95. The van der Waals surface area contributed by atoms with Gasteiger partial charge in [-0.25, -0.2) is 0 Å². The molecule has 0 aliphatic carbocycles. The van der Waals surface area contributed by atoms with Gasteiger partial charge in [-0.05, 0) is 48.8 Å². The molecule has 8 heteroatoms. The van der Waals surface area contributed by atoms with Crippen molar-refractivity contribution in [3.05, 3.63) is 58.6 Å². The highest BCUT2D eigenvalue weighted by Crippen LogP contribution is 2.23. The first-order valence-corrected chi connectivity index (χ1v) is 10.7. The highest BCUT2D eigenvalue weighted by molar-refractivity contribution is 7.71. The largest absolute Gasteiger partial charge is 0.348 e. The van der Waals surface area contributed by atoms with Gasteiger partial charge in [0, 0.05) is 25.2 Å². The minimum Gasteiger partial charge on any atom is -0.348 e. The number of nitrogens with zero attached hydrogens (tertiary/aromatic N) is 3. The van der Waals surface area contributed by atoms with E-state index in [0.717, 1.165) is 23.6 Å². The Morgan fingerprint density at radius 2 is 2.03 bits per heavy atom. The Bertz CT molecular complexity index is 1130. The quantitative estimate of drug-likeness (QED) is 0.617. The molecule has 0 bridgehead atoms. The van der Waals surface area contributed by atoms with Crippen molar-refractivity contribution in [2.75, 3.05) is 13.1 Å². The van der Waals surface area contributed by atoms with Gasteiger partial charge in [-0.1, -0.05) is 36.4 Å². The second-order valence-corrected chi connectivity index (χ2v) is 7.91. The lowest BCUT2D eigenvalue weighted by Gasteiger charge is -2.32. The smallest absolute Gasteiger partial charge is 0.254 e. The molecule has 0 saturated carbocycles. The van der Waals surface area contributed by atoms with Gasteiger partial charge in [-0.15, -0.1) is 0 Å². The van der Waals surface area contributed by atoms with Gasteiger partial charge >= 0.3 is 0 Å². The molecular formula is C22H25N5O2S. The van der Waals surface area contributed by atoms with Crippen LogP contribution in [-0.4, -0.2) is 44.6 Å². The highest BCUT2D eigenvalue weighted by Gasteiger charge is 2.29. The van der Waals surface area contributed by atoms with Crippen LogP contribution in [-0.2, 0) is 17.9 Å². The summed E-state index contributed by atoms with van der Waals surface area (Å²) in [7, 11) is 0. The number of fused-ring (bicyclic) bond motifs is 1. The first kappa shape index (κ1) is 20.3. The molecule has 1 aliphatic rings. The van der Waals surface area contributed by atoms with Crippen LogP contribution in [0.5, 0.6) is 0 Å². The molecule has 2 N–H and O–H groups in total. The van der Waals surface area contributed by atoms with Gasteiger partial charge in [-0.2, -0.15) is 5.10 Å². The molecule has 2 amide bonds. The van der Waals surface area contributed by atoms with Crippen LogP contribution in [0.3, 0.4) is 0 Å². The Labute approximate surface area is 180 Å². The molecule has 30 heavy (non-hydrogen) atoms. The van der Waals surface area contributed by atoms with Crippen molar-refractivity contribution >= 4 is 34.8 Å².